The van der Waals surface area contributed by atoms with E-state index >= 15 is 0 Å². The van der Waals surface area contributed by atoms with Gasteiger partial charge < -0.3 is 10.1 Å². The minimum atomic E-state index is 0.466. The van der Waals surface area contributed by atoms with Crippen LogP contribution < -0.4 is 10.1 Å². The topological polar surface area (TPSA) is 21.3 Å². The van der Waals surface area contributed by atoms with Crippen LogP contribution in [0.15, 0.2) is 18.2 Å². The van der Waals surface area contributed by atoms with Gasteiger partial charge in [-0.1, -0.05) is 25.4 Å². The van der Waals surface area contributed by atoms with Crippen molar-refractivity contribution in [1.29, 1.82) is 0 Å². The molecule has 2 nitrogen and oxygen atoms in total. The van der Waals surface area contributed by atoms with Crippen LogP contribution in [0.4, 0.5) is 5.69 Å². The van der Waals surface area contributed by atoms with Crippen LogP contribution >= 0.6 is 11.6 Å². The molecule has 1 aromatic carbocycles. The fraction of sp³-hybridized carbons (Fsp3) is 0.571. The van der Waals surface area contributed by atoms with E-state index in [0.717, 1.165) is 11.4 Å². The maximum absolute atomic E-state index is 6.11. The maximum Gasteiger partial charge on any atom is 0.137 e. The molecule has 0 saturated heterocycles. The average molecular weight is 254 g/mol. The Kier molecular flexibility index (Phi) is 3.53. The van der Waals surface area contributed by atoms with Gasteiger partial charge in [-0.3, -0.25) is 0 Å². The van der Waals surface area contributed by atoms with Gasteiger partial charge in [-0.05, 0) is 42.9 Å². The van der Waals surface area contributed by atoms with E-state index in [9.17, 15) is 0 Å². The van der Waals surface area contributed by atoms with Gasteiger partial charge in [-0.25, -0.2) is 0 Å². The van der Waals surface area contributed by atoms with Crippen molar-refractivity contribution in [2.45, 2.75) is 39.2 Å². The summed E-state index contributed by atoms with van der Waals surface area (Å²) < 4.78 is 5.14. The number of anilines is 1. The molecule has 0 amide bonds. The number of hydrogen-bond donors (Lipinski definition) is 1. The zero-order valence-corrected chi connectivity index (χ0v) is 11.5. The first-order valence-electron chi connectivity index (χ1n) is 6.10. The van der Waals surface area contributed by atoms with E-state index in [0.29, 0.717) is 16.5 Å². The smallest absolute Gasteiger partial charge is 0.137 e. The van der Waals surface area contributed by atoms with Gasteiger partial charge in [0.15, 0.2) is 0 Å². The van der Waals surface area contributed by atoms with Crippen LogP contribution in [0, 0.1) is 5.41 Å². The highest BCUT2D eigenvalue weighted by Gasteiger charge is 2.30. The molecule has 0 radical (unpaired) electrons. The Morgan fingerprint density at radius 3 is 2.71 bits per heavy atom. The van der Waals surface area contributed by atoms with Crippen LogP contribution in [0.3, 0.4) is 0 Å². The SMILES string of the molecule is COc1ccc(NC2CCC(C)(C)C2)cc1Cl. The standard InChI is InChI=1S/C14H20ClNO/c1-14(2)7-6-11(9-14)16-10-4-5-13(17-3)12(15)8-10/h4-5,8,11,16H,6-7,9H2,1-3H3. The van der Waals surface area contributed by atoms with Crippen molar-refractivity contribution in [1.82, 2.24) is 0 Å². The molecule has 3 heteroatoms. The molecule has 1 aliphatic carbocycles. The Labute approximate surface area is 108 Å². The third-order valence-electron chi connectivity index (χ3n) is 3.49. The minimum absolute atomic E-state index is 0.466. The highest BCUT2D eigenvalue weighted by atomic mass is 35.5. The summed E-state index contributed by atoms with van der Waals surface area (Å²) in [6.45, 7) is 4.66. The molecule has 0 aliphatic heterocycles. The number of nitrogens with one attached hydrogen (secondary N) is 1. The second kappa shape index (κ2) is 4.77. The molecule has 1 unspecified atom stereocenters. The quantitative estimate of drug-likeness (QED) is 0.865. The van der Waals surface area contributed by atoms with Crippen molar-refractivity contribution < 1.29 is 4.74 Å². The molecule has 1 aliphatic rings. The first kappa shape index (κ1) is 12.6. The number of hydrogen-bond acceptors (Lipinski definition) is 2. The highest BCUT2D eigenvalue weighted by Crippen LogP contribution is 2.38. The van der Waals surface area contributed by atoms with Gasteiger partial charge in [-0.2, -0.15) is 0 Å². The Morgan fingerprint density at radius 1 is 1.41 bits per heavy atom. The molecule has 0 bridgehead atoms. The third-order valence-corrected chi connectivity index (χ3v) is 3.79. The Morgan fingerprint density at radius 2 is 2.18 bits per heavy atom. The number of methoxy groups -OCH3 is 1. The first-order valence-corrected chi connectivity index (χ1v) is 6.48. The summed E-state index contributed by atoms with van der Waals surface area (Å²) in [5, 5.41) is 4.21. The van der Waals surface area contributed by atoms with E-state index < -0.39 is 0 Å². The van der Waals surface area contributed by atoms with Gasteiger partial charge in [0.2, 0.25) is 0 Å². The average Bonchev–Trinajstić information content (AvgIpc) is 2.58. The number of benzene rings is 1. The third kappa shape index (κ3) is 3.06. The lowest BCUT2D eigenvalue weighted by Crippen LogP contribution is -2.17. The summed E-state index contributed by atoms with van der Waals surface area (Å²) >= 11 is 6.11. The number of rotatable bonds is 3. The van der Waals surface area contributed by atoms with Gasteiger partial charge in [-0.15, -0.1) is 0 Å². The van der Waals surface area contributed by atoms with Crippen molar-refractivity contribution >= 4 is 17.3 Å². The summed E-state index contributed by atoms with van der Waals surface area (Å²) in [5.74, 6) is 0.726. The molecule has 1 aromatic rings. The van der Waals surface area contributed by atoms with Crippen LogP contribution in [0.25, 0.3) is 0 Å². The van der Waals surface area contributed by atoms with E-state index in [-0.39, 0.29) is 0 Å². The molecule has 1 atom stereocenters. The van der Waals surface area contributed by atoms with Crippen molar-refractivity contribution in [3.8, 4) is 5.75 Å². The summed E-state index contributed by atoms with van der Waals surface area (Å²) in [4.78, 5) is 0. The summed E-state index contributed by atoms with van der Waals surface area (Å²) in [7, 11) is 1.63. The summed E-state index contributed by atoms with van der Waals surface area (Å²) in [6.07, 6.45) is 3.74. The van der Waals surface area contributed by atoms with Crippen molar-refractivity contribution in [2.24, 2.45) is 5.41 Å². The lowest BCUT2D eigenvalue weighted by molar-refractivity contribution is 0.378. The van der Waals surface area contributed by atoms with Crippen LogP contribution in [0.2, 0.25) is 5.02 Å². The maximum atomic E-state index is 6.11. The van der Waals surface area contributed by atoms with Gasteiger partial charge in [0, 0.05) is 11.7 Å². The van der Waals surface area contributed by atoms with E-state index in [4.69, 9.17) is 16.3 Å². The van der Waals surface area contributed by atoms with E-state index in [2.05, 4.69) is 19.2 Å². The molecule has 2 rings (SSSR count). The van der Waals surface area contributed by atoms with Gasteiger partial charge >= 0.3 is 0 Å². The van der Waals surface area contributed by atoms with E-state index in [1.807, 2.05) is 18.2 Å². The molecule has 0 heterocycles. The normalized spacial score (nSPS) is 22.5. The summed E-state index contributed by atoms with van der Waals surface area (Å²) in [5.41, 5.74) is 1.55. The van der Waals surface area contributed by atoms with E-state index in [1.165, 1.54) is 19.3 Å². The first-order chi connectivity index (χ1) is 8.00. The van der Waals surface area contributed by atoms with Crippen LogP contribution in [0.1, 0.15) is 33.1 Å². The molecule has 1 fully saturated rings. The molecule has 0 aromatic heterocycles. The summed E-state index contributed by atoms with van der Waals surface area (Å²) in [6, 6.07) is 6.43. The van der Waals surface area contributed by atoms with Crippen molar-refractivity contribution in [2.75, 3.05) is 12.4 Å². The fourth-order valence-corrected chi connectivity index (χ4v) is 2.81. The molecule has 94 valence electrons. The van der Waals surface area contributed by atoms with Crippen molar-refractivity contribution in [3.63, 3.8) is 0 Å². The van der Waals surface area contributed by atoms with Gasteiger partial charge in [0.05, 0.1) is 12.1 Å². The fourth-order valence-electron chi connectivity index (χ4n) is 2.55. The predicted octanol–water partition coefficient (Wildman–Crippen LogP) is 4.34. The van der Waals surface area contributed by atoms with Crippen LogP contribution in [0.5, 0.6) is 5.75 Å². The Bertz CT molecular complexity index is 403. The second-order valence-electron chi connectivity index (χ2n) is 5.60. The monoisotopic (exact) mass is 253 g/mol. The second-order valence-corrected chi connectivity index (χ2v) is 6.00. The molecular weight excluding hydrogens is 234 g/mol. The Hall–Kier alpha value is -0.890. The minimum Gasteiger partial charge on any atom is -0.495 e. The lowest BCUT2D eigenvalue weighted by atomic mass is 9.92. The number of halogens is 1. The largest absolute Gasteiger partial charge is 0.495 e. The molecule has 17 heavy (non-hydrogen) atoms. The highest BCUT2D eigenvalue weighted by molar-refractivity contribution is 6.32. The lowest BCUT2D eigenvalue weighted by Gasteiger charge is -2.19. The molecular formula is C14H20ClNO. The zero-order chi connectivity index (χ0) is 12.5. The van der Waals surface area contributed by atoms with Crippen LogP contribution in [-0.2, 0) is 0 Å². The predicted molar refractivity (Wildman–Crippen MR) is 73.0 cm³/mol. The van der Waals surface area contributed by atoms with Gasteiger partial charge in [0.1, 0.15) is 5.75 Å². The molecule has 0 spiro atoms. The van der Waals surface area contributed by atoms with Crippen LogP contribution in [-0.4, -0.2) is 13.2 Å². The number of ether oxygens (including phenoxy) is 1. The van der Waals surface area contributed by atoms with E-state index in [1.54, 1.807) is 7.11 Å². The molecule has 1 saturated carbocycles. The zero-order valence-electron chi connectivity index (χ0n) is 10.7. The molecule has 1 N–H and O–H groups in total. The van der Waals surface area contributed by atoms with Crippen molar-refractivity contribution in [3.05, 3.63) is 23.2 Å². The Balaban J connectivity index is 2.02. The van der Waals surface area contributed by atoms with Gasteiger partial charge in [0.25, 0.3) is 0 Å².